The van der Waals surface area contributed by atoms with E-state index in [0.717, 1.165) is 0 Å². The Bertz CT molecular complexity index is 409. The van der Waals surface area contributed by atoms with Gasteiger partial charge in [0.15, 0.2) is 0 Å². The van der Waals surface area contributed by atoms with Gasteiger partial charge < -0.3 is 20.3 Å². The van der Waals surface area contributed by atoms with Gasteiger partial charge in [-0.1, -0.05) is 0 Å². The molecule has 18 heavy (non-hydrogen) atoms. The predicted octanol–water partition coefficient (Wildman–Crippen LogP) is 0.374. The zero-order chi connectivity index (χ0) is 13.6. The van der Waals surface area contributed by atoms with E-state index in [0.29, 0.717) is 13.0 Å². The molecule has 0 aliphatic heterocycles. The third kappa shape index (κ3) is 4.27. The van der Waals surface area contributed by atoms with E-state index in [1.54, 1.807) is 14.0 Å². The molecule has 0 aliphatic rings. The lowest BCUT2D eigenvalue weighted by molar-refractivity contribution is 0.0356. The maximum atomic E-state index is 10.9. The van der Waals surface area contributed by atoms with Crippen molar-refractivity contribution < 1.29 is 19.7 Å². The fourth-order valence-corrected chi connectivity index (χ4v) is 1.31. The van der Waals surface area contributed by atoms with Crippen LogP contribution >= 0.6 is 0 Å². The molecule has 100 valence electrons. The van der Waals surface area contributed by atoms with E-state index in [9.17, 15) is 9.90 Å². The van der Waals surface area contributed by atoms with Crippen LogP contribution in [-0.2, 0) is 4.74 Å². The highest BCUT2D eigenvalue weighted by Crippen LogP contribution is 2.14. The van der Waals surface area contributed by atoms with Crippen molar-refractivity contribution in [2.24, 2.45) is 0 Å². The van der Waals surface area contributed by atoms with E-state index >= 15 is 0 Å². The second kappa shape index (κ2) is 6.27. The molecule has 0 spiro atoms. The molecule has 0 saturated heterocycles. The van der Waals surface area contributed by atoms with Gasteiger partial charge in [0.2, 0.25) is 0 Å². The molecule has 0 amide bonds. The Labute approximate surface area is 105 Å². The monoisotopic (exact) mass is 255 g/mol. The third-order valence-corrected chi connectivity index (χ3v) is 2.42. The standard InChI is InChI=1S/C11H17N3O4/c1-11(17,3-4-18-2)6-13-9-8(10(15)16)5-12-7-14-9/h5,7,17H,3-4,6H2,1-2H3,(H,15,16)(H,12,13,14). The summed E-state index contributed by atoms with van der Waals surface area (Å²) in [5.41, 5.74) is -1.03. The van der Waals surface area contributed by atoms with Crippen LogP contribution in [0.5, 0.6) is 0 Å². The highest BCUT2D eigenvalue weighted by Gasteiger charge is 2.21. The minimum atomic E-state index is -1.12. The molecular formula is C11H17N3O4. The van der Waals surface area contributed by atoms with Crippen LogP contribution in [-0.4, -0.2) is 52.0 Å². The van der Waals surface area contributed by atoms with Crippen LogP contribution in [0.4, 0.5) is 5.82 Å². The zero-order valence-corrected chi connectivity index (χ0v) is 10.4. The number of aliphatic hydroxyl groups is 1. The van der Waals surface area contributed by atoms with Crippen molar-refractivity contribution in [2.45, 2.75) is 18.9 Å². The normalized spacial score (nSPS) is 13.9. The highest BCUT2D eigenvalue weighted by molar-refractivity contribution is 5.92. The van der Waals surface area contributed by atoms with Crippen LogP contribution in [0.2, 0.25) is 0 Å². The lowest BCUT2D eigenvalue weighted by Gasteiger charge is -2.23. The smallest absolute Gasteiger partial charge is 0.341 e. The van der Waals surface area contributed by atoms with Crippen LogP contribution < -0.4 is 5.32 Å². The summed E-state index contributed by atoms with van der Waals surface area (Å²) in [6.07, 6.45) is 2.89. The predicted molar refractivity (Wildman–Crippen MR) is 64.6 cm³/mol. The van der Waals surface area contributed by atoms with Gasteiger partial charge in [0.1, 0.15) is 17.7 Å². The Morgan fingerprint density at radius 2 is 2.33 bits per heavy atom. The molecule has 1 rings (SSSR count). The van der Waals surface area contributed by atoms with E-state index in [1.165, 1.54) is 12.5 Å². The number of nitrogens with zero attached hydrogens (tertiary/aromatic N) is 2. The van der Waals surface area contributed by atoms with Crippen molar-refractivity contribution >= 4 is 11.8 Å². The average molecular weight is 255 g/mol. The second-order valence-corrected chi connectivity index (χ2v) is 4.18. The van der Waals surface area contributed by atoms with E-state index in [-0.39, 0.29) is 17.9 Å². The number of nitrogens with one attached hydrogen (secondary N) is 1. The lowest BCUT2D eigenvalue weighted by Crippen LogP contribution is -2.35. The number of hydrogen-bond donors (Lipinski definition) is 3. The Balaban J connectivity index is 2.65. The molecule has 0 radical (unpaired) electrons. The van der Waals surface area contributed by atoms with E-state index in [1.807, 2.05) is 0 Å². The summed E-state index contributed by atoms with van der Waals surface area (Å²) in [6, 6.07) is 0. The van der Waals surface area contributed by atoms with Crippen LogP contribution in [0.25, 0.3) is 0 Å². The Morgan fingerprint density at radius 1 is 1.61 bits per heavy atom. The fraction of sp³-hybridized carbons (Fsp3) is 0.545. The number of carbonyl (C=O) groups is 1. The number of anilines is 1. The van der Waals surface area contributed by atoms with Crippen LogP contribution in [0.1, 0.15) is 23.7 Å². The number of hydrogen-bond acceptors (Lipinski definition) is 6. The van der Waals surface area contributed by atoms with Crippen molar-refractivity contribution in [3.05, 3.63) is 18.1 Å². The summed E-state index contributed by atoms with van der Waals surface area (Å²) in [7, 11) is 1.55. The molecule has 0 bridgehead atoms. The summed E-state index contributed by atoms with van der Waals surface area (Å²) in [5, 5.41) is 21.7. The van der Waals surface area contributed by atoms with Crippen molar-refractivity contribution in [1.29, 1.82) is 0 Å². The molecule has 0 aliphatic carbocycles. The van der Waals surface area contributed by atoms with Gasteiger partial charge in [0.05, 0.1) is 5.60 Å². The van der Waals surface area contributed by atoms with Crippen LogP contribution in [0.3, 0.4) is 0 Å². The number of rotatable bonds is 7. The van der Waals surface area contributed by atoms with Gasteiger partial charge in [-0.05, 0) is 6.92 Å². The molecular weight excluding hydrogens is 238 g/mol. The maximum absolute atomic E-state index is 10.9. The average Bonchev–Trinajstić information content (AvgIpc) is 2.34. The zero-order valence-electron chi connectivity index (χ0n) is 10.4. The molecule has 1 heterocycles. The van der Waals surface area contributed by atoms with Crippen molar-refractivity contribution in [2.75, 3.05) is 25.6 Å². The first-order valence-corrected chi connectivity index (χ1v) is 5.45. The fourth-order valence-electron chi connectivity index (χ4n) is 1.31. The first kappa shape index (κ1) is 14.3. The number of methoxy groups -OCH3 is 1. The minimum absolute atomic E-state index is 0.0277. The Kier molecular flexibility index (Phi) is 4.99. The van der Waals surface area contributed by atoms with E-state index in [2.05, 4.69) is 15.3 Å². The van der Waals surface area contributed by atoms with Gasteiger partial charge in [-0.15, -0.1) is 0 Å². The van der Waals surface area contributed by atoms with Gasteiger partial charge in [0.25, 0.3) is 0 Å². The number of aromatic carboxylic acids is 1. The van der Waals surface area contributed by atoms with Crippen molar-refractivity contribution in [3.8, 4) is 0 Å². The molecule has 3 N–H and O–H groups in total. The number of aromatic nitrogens is 2. The van der Waals surface area contributed by atoms with Gasteiger partial charge in [-0.2, -0.15) is 0 Å². The molecule has 0 aromatic carbocycles. The van der Waals surface area contributed by atoms with Crippen molar-refractivity contribution in [1.82, 2.24) is 9.97 Å². The topological polar surface area (TPSA) is 105 Å². The first-order valence-electron chi connectivity index (χ1n) is 5.45. The summed E-state index contributed by atoms with van der Waals surface area (Å²) < 4.78 is 4.88. The van der Waals surface area contributed by atoms with Crippen molar-refractivity contribution in [3.63, 3.8) is 0 Å². The third-order valence-electron chi connectivity index (χ3n) is 2.42. The van der Waals surface area contributed by atoms with Gasteiger partial charge in [0, 0.05) is 32.9 Å². The molecule has 7 nitrogen and oxygen atoms in total. The van der Waals surface area contributed by atoms with Gasteiger partial charge in [-0.25, -0.2) is 14.8 Å². The summed E-state index contributed by atoms with van der Waals surface area (Å²) in [5.74, 6) is -0.926. The van der Waals surface area contributed by atoms with Gasteiger partial charge in [-0.3, -0.25) is 0 Å². The van der Waals surface area contributed by atoms with Crippen LogP contribution in [0, 0.1) is 0 Å². The first-order chi connectivity index (χ1) is 8.46. The molecule has 1 atom stereocenters. The Morgan fingerprint density at radius 3 is 2.94 bits per heavy atom. The number of carboxylic acid groups (broad SMARTS) is 1. The highest BCUT2D eigenvalue weighted by atomic mass is 16.5. The molecule has 7 heteroatoms. The van der Waals surface area contributed by atoms with E-state index < -0.39 is 11.6 Å². The SMILES string of the molecule is COCCC(C)(O)CNc1ncncc1C(=O)O. The molecule has 1 aromatic heterocycles. The second-order valence-electron chi connectivity index (χ2n) is 4.18. The maximum Gasteiger partial charge on any atom is 0.341 e. The lowest BCUT2D eigenvalue weighted by atomic mass is 10.0. The van der Waals surface area contributed by atoms with E-state index in [4.69, 9.17) is 9.84 Å². The summed E-state index contributed by atoms with van der Waals surface area (Å²) in [4.78, 5) is 18.4. The molecule has 1 aromatic rings. The molecule has 0 saturated carbocycles. The molecule has 0 fully saturated rings. The van der Waals surface area contributed by atoms with Gasteiger partial charge >= 0.3 is 5.97 Å². The number of ether oxygens (including phenoxy) is 1. The largest absolute Gasteiger partial charge is 0.477 e. The quantitative estimate of drug-likeness (QED) is 0.646. The number of carboxylic acids is 1. The molecule has 1 unspecified atom stereocenters. The van der Waals surface area contributed by atoms with Crippen LogP contribution in [0.15, 0.2) is 12.5 Å². The minimum Gasteiger partial charge on any atom is -0.477 e. The Hall–Kier alpha value is -1.73. The summed E-state index contributed by atoms with van der Waals surface area (Å²) >= 11 is 0. The summed E-state index contributed by atoms with van der Waals surface area (Å²) in [6.45, 7) is 2.23.